The van der Waals surface area contributed by atoms with Gasteiger partial charge in [-0.2, -0.15) is 5.10 Å². The molecule has 0 unspecified atom stereocenters. The predicted octanol–water partition coefficient (Wildman–Crippen LogP) is 4.96. The van der Waals surface area contributed by atoms with Gasteiger partial charge in [-0.05, 0) is 64.4 Å². The molecule has 0 saturated carbocycles. The Labute approximate surface area is 187 Å². The third kappa shape index (κ3) is 4.91. The second-order valence-corrected chi connectivity index (χ2v) is 10.3. The smallest absolute Gasteiger partial charge is 0.262 e. The summed E-state index contributed by atoms with van der Waals surface area (Å²) in [5.41, 5.74) is 2.06. The number of halogens is 1. The third-order valence-electron chi connectivity index (χ3n) is 4.74. The second kappa shape index (κ2) is 8.36. The van der Waals surface area contributed by atoms with Crippen molar-refractivity contribution >= 4 is 38.9 Å². The molecule has 0 spiro atoms. The first-order chi connectivity index (χ1) is 14.4. The molecule has 0 aliphatic carbocycles. The number of hydrogen-bond acceptors (Lipinski definition) is 4. The lowest BCUT2D eigenvalue weighted by atomic mass is 10.1. The van der Waals surface area contributed by atoms with Crippen LogP contribution < -0.4 is 10.0 Å². The molecule has 3 aromatic rings. The van der Waals surface area contributed by atoms with Crippen LogP contribution >= 0.6 is 11.6 Å². The zero-order valence-electron chi connectivity index (χ0n) is 18.0. The van der Waals surface area contributed by atoms with Gasteiger partial charge in [0.05, 0.1) is 32.9 Å². The number of nitrogens with zero attached hydrogens (tertiary/aromatic N) is 2. The van der Waals surface area contributed by atoms with E-state index in [0.717, 1.165) is 5.69 Å². The Morgan fingerprint density at radius 3 is 2.39 bits per heavy atom. The third-order valence-corrected chi connectivity index (χ3v) is 6.58. The molecule has 7 nitrogen and oxygen atoms in total. The molecule has 0 fully saturated rings. The number of rotatable bonds is 5. The van der Waals surface area contributed by atoms with Crippen LogP contribution in [0.1, 0.15) is 42.4 Å². The topological polar surface area (TPSA) is 93.1 Å². The Hall–Kier alpha value is -2.84. The highest BCUT2D eigenvalue weighted by Gasteiger charge is 2.23. The molecule has 1 aromatic heterocycles. The molecule has 9 heteroatoms. The number of amides is 1. The summed E-state index contributed by atoms with van der Waals surface area (Å²) >= 11 is 6.08. The van der Waals surface area contributed by atoms with Gasteiger partial charge in [0.15, 0.2) is 0 Å². The number of carbonyl (C=O) groups is 1. The first-order valence-corrected chi connectivity index (χ1v) is 11.5. The van der Waals surface area contributed by atoms with E-state index in [9.17, 15) is 13.2 Å². The Morgan fingerprint density at radius 2 is 1.77 bits per heavy atom. The zero-order chi connectivity index (χ0) is 23.0. The number of nitrogens with one attached hydrogen (secondary N) is 2. The molecule has 0 aliphatic heterocycles. The first kappa shape index (κ1) is 22.8. The summed E-state index contributed by atoms with van der Waals surface area (Å²) in [6.07, 6.45) is 1.51. The highest BCUT2D eigenvalue weighted by molar-refractivity contribution is 7.92. The molecule has 1 heterocycles. The number of sulfonamides is 1. The second-order valence-electron chi connectivity index (χ2n) is 8.25. The molecule has 0 saturated heterocycles. The molecule has 3 rings (SSSR count). The predicted molar refractivity (Wildman–Crippen MR) is 123 cm³/mol. The normalized spacial score (nSPS) is 11.9. The highest BCUT2D eigenvalue weighted by Crippen LogP contribution is 2.27. The van der Waals surface area contributed by atoms with Crippen molar-refractivity contribution in [1.29, 1.82) is 0 Å². The van der Waals surface area contributed by atoms with Crippen molar-refractivity contribution < 1.29 is 13.2 Å². The molecule has 1 amide bonds. The zero-order valence-corrected chi connectivity index (χ0v) is 19.6. The van der Waals surface area contributed by atoms with Gasteiger partial charge in [-0.15, -0.1) is 0 Å². The van der Waals surface area contributed by atoms with Crippen molar-refractivity contribution in [2.45, 2.75) is 45.1 Å². The lowest BCUT2D eigenvalue weighted by Crippen LogP contribution is -2.25. The standard InChI is InChI=1S/C22H25ClN4O3S/c1-14-10-11-16(25-21(28)17-13-24-27(15(17)2)22(3,4)5)12-20(14)31(29,30)26-19-9-7-6-8-18(19)23/h6-13,26H,1-5H3,(H,25,28). The molecule has 0 atom stereocenters. The van der Waals surface area contributed by atoms with Crippen LogP contribution in [0.15, 0.2) is 53.6 Å². The molecule has 31 heavy (non-hydrogen) atoms. The summed E-state index contributed by atoms with van der Waals surface area (Å²) in [4.78, 5) is 12.9. The van der Waals surface area contributed by atoms with Gasteiger partial charge in [-0.25, -0.2) is 8.42 Å². The van der Waals surface area contributed by atoms with E-state index in [2.05, 4.69) is 15.1 Å². The maximum atomic E-state index is 13.0. The van der Waals surface area contributed by atoms with E-state index in [1.54, 1.807) is 48.0 Å². The van der Waals surface area contributed by atoms with E-state index >= 15 is 0 Å². The maximum absolute atomic E-state index is 13.0. The fraction of sp³-hybridized carbons (Fsp3) is 0.273. The van der Waals surface area contributed by atoms with Crippen LogP contribution in [0.2, 0.25) is 5.02 Å². The molecular formula is C22H25ClN4O3S. The Kier molecular flexibility index (Phi) is 6.16. The van der Waals surface area contributed by atoms with Crippen LogP contribution in [0.3, 0.4) is 0 Å². The Bertz CT molecular complexity index is 1240. The maximum Gasteiger partial charge on any atom is 0.262 e. The minimum atomic E-state index is -3.92. The van der Waals surface area contributed by atoms with Crippen LogP contribution in [0.5, 0.6) is 0 Å². The van der Waals surface area contributed by atoms with Crippen LogP contribution in [0.4, 0.5) is 11.4 Å². The molecule has 164 valence electrons. The van der Waals surface area contributed by atoms with Crippen molar-refractivity contribution in [1.82, 2.24) is 9.78 Å². The lowest BCUT2D eigenvalue weighted by molar-refractivity contribution is 0.102. The van der Waals surface area contributed by atoms with Gasteiger partial charge in [-0.1, -0.05) is 29.8 Å². The highest BCUT2D eigenvalue weighted by atomic mass is 35.5. The van der Waals surface area contributed by atoms with Gasteiger partial charge >= 0.3 is 0 Å². The van der Waals surface area contributed by atoms with E-state index in [0.29, 0.717) is 21.8 Å². The van der Waals surface area contributed by atoms with Gasteiger partial charge in [0, 0.05) is 11.4 Å². The SMILES string of the molecule is Cc1ccc(NC(=O)c2cnn(C(C)(C)C)c2C)cc1S(=O)(=O)Nc1ccccc1Cl. The van der Waals surface area contributed by atoms with Crippen molar-refractivity contribution in [2.24, 2.45) is 0 Å². The van der Waals surface area contributed by atoms with E-state index in [1.165, 1.54) is 12.3 Å². The van der Waals surface area contributed by atoms with Gasteiger partial charge in [0.2, 0.25) is 0 Å². The fourth-order valence-electron chi connectivity index (χ4n) is 3.22. The van der Waals surface area contributed by atoms with Crippen molar-refractivity contribution in [3.05, 3.63) is 70.5 Å². The first-order valence-electron chi connectivity index (χ1n) is 9.64. The van der Waals surface area contributed by atoms with E-state index in [1.807, 2.05) is 27.7 Å². The molecule has 2 N–H and O–H groups in total. The van der Waals surface area contributed by atoms with Crippen LogP contribution in [0, 0.1) is 13.8 Å². The van der Waals surface area contributed by atoms with Gasteiger partial charge in [0.25, 0.3) is 15.9 Å². The number of hydrogen-bond donors (Lipinski definition) is 2. The van der Waals surface area contributed by atoms with E-state index in [4.69, 9.17) is 11.6 Å². The van der Waals surface area contributed by atoms with E-state index < -0.39 is 10.0 Å². The number of anilines is 2. The molecule has 2 aromatic carbocycles. The largest absolute Gasteiger partial charge is 0.322 e. The van der Waals surface area contributed by atoms with Crippen molar-refractivity contribution in [3.63, 3.8) is 0 Å². The van der Waals surface area contributed by atoms with Gasteiger partial charge < -0.3 is 5.32 Å². The van der Waals surface area contributed by atoms with Gasteiger partial charge in [-0.3, -0.25) is 14.2 Å². The average Bonchev–Trinajstić information content (AvgIpc) is 3.07. The summed E-state index contributed by atoms with van der Waals surface area (Å²) in [5.74, 6) is -0.362. The molecular weight excluding hydrogens is 436 g/mol. The van der Waals surface area contributed by atoms with Crippen LogP contribution in [-0.4, -0.2) is 24.1 Å². The van der Waals surface area contributed by atoms with Crippen LogP contribution in [0.25, 0.3) is 0 Å². The fourth-order valence-corrected chi connectivity index (χ4v) is 4.81. The molecule has 0 radical (unpaired) electrons. The van der Waals surface area contributed by atoms with E-state index in [-0.39, 0.29) is 22.0 Å². The summed E-state index contributed by atoms with van der Waals surface area (Å²) in [6, 6.07) is 11.3. The number of benzene rings is 2. The lowest BCUT2D eigenvalue weighted by Gasteiger charge is -2.21. The monoisotopic (exact) mass is 460 g/mol. The summed E-state index contributed by atoms with van der Waals surface area (Å²) in [7, 11) is -3.92. The minimum absolute atomic E-state index is 0.0485. The Balaban J connectivity index is 1.89. The number of aryl methyl sites for hydroxylation is 1. The number of para-hydroxylation sites is 1. The van der Waals surface area contributed by atoms with Crippen LogP contribution in [-0.2, 0) is 15.6 Å². The summed E-state index contributed by atoms with van der Waals surface area (Å²) in [6.45, 7) is 9.50. The quantitative estimate of drug-likeness (QED) is 0.562. The van der Waals surface area contributed by atoms with Crippen molar-refractivity contribution in [2.75, 3.05) is 10.0 Å². The average molecular weight is 461 g/mol. The Morgan fingerprint density at radius 1 is 1.10 bits per heavy atom. The summed E-state index contributed by atoms with van der Waals surface area (Å²) < 4.78 is 30.2. The molecule has 0 bridgehead atoms. The summed E-state index contributed by atoms with van der Waals surface area (Å²) in [5, 5.41) is 7.37. The van der Waals surface area contributed by atoms with Crippen molar-refractivity contribution in [3.8, 4) is 0 Å². The minimum Gasteiger partial charge on any atom is -0.322 e. The number of aromatic nitrogens is 2. The molecule has 0 aliphatic rings. The number of carbonyl (C=O) groups excluding carboxylic acids is 1. The van der Waals surface area contributed by atoms with Gasteiger partial charge in [0.1, 0.15) is 0 Å².